The Morgan fingerprint density at radius 1 is 1.07 bits per heavy atom. The quantitative estimate of drug-likeness (QED) is 0.540. The molecule has 4 nitrogen and oxygen atoms in total. The van der Waals surface area contributed by atoms with Gasteiger partial charge >= 0.3 is 6.09 Å². The third-order valence-corrected chi connectivity index (χ3v) is 4.77. The molecule has 0 aliphatic rings. The number of halogens is 1. The first-order valence-electron chi connectivity index (χ1n) is 9.10. The highest BCUT2D eigenvalue weighted by Gasteiger charge is 2.21. The summed E-state index contributed by atoms with van der Waals surface area (Å²) in [6, 6.07) is 18.1. The fourth-order valence-corrected chi connectivity index (χ4v) is 2.96. The maximum absolute atomic E-state index is 12.2. The van der Waals surface area contributed by atoms with Crippen molar-refractivity contribution >= 4 is 22.0 Å². The Morgan fingerprint density at radius 3 is 2.33 bits per heavy atom. The van der Waals surface area contributed by atoms with E-state index in [2.05, 4.69) is 28.1 Å². The number of carbonyl (C=O) groups is 1. The van der Waals surface area contributed by atoms with Crippen LogP contribution in [0, 0.1) is 0 Å². The zero-order valence-electron chi connectivity index (χ0n) is 16.4. The predicted molar refractivity (Wildman–Crippen MR) is 112 cm³/mol. The minimum Gasteiger partial charge on any atom is -0.444 e. The van der Waals surface area contributed by atoms with E-state index < -0.39 is 5.60 Å². The Bertz CT molecular complexity index is 728. The minimum atomic E-state index is -0.500. The van der Waals surface area contributed by atoms with Crippen LogP contribution in [-0.4, -0.2) is 30.2 Å². The largest absolute Gasteiger partial charge is 0.444 e. The molecule has 1 amide bonds. The first-order chi connectivity index (χ1) is 12.8. The summed E-state index contributed by atoms with van der Waals surface area (Å²) in [6.45, 7) is 6.65. The lowest BCUT2D eigenvalue weighted by Crippen LogP contribution is -2.35. The Morgan fingerprint density at radius 2 is 1.70 bits per heavy atom. The van der Waals surface area contributed by atoms with Gasteiger partial charge in [-0.1, -0.05) is 64.5 Å². The molecule has 5 heteroatoms. The van der Waals surface area contributed by atoms with Crippen LogP contribution in [0.1, 0.15) is 44.4 Å². The number of benzene rings is 2. The first-order valence-corrected chi connectivity index (χ1v) is 9.89. The lowest BCUT2D eigenvalue weighted by molar-refractivity contribution is 0.0136. The molecule has 146 valence electrons. The molecule has 0 N–H and O–H groups in total. The van der Waals surface area contributed by atoms with Gasteiger partial charge in [-0.15, -0.1) is 0 Å². The summed E-state index contributed by atoms with van der Waals surface area (Å²) < 4.78 is 12.7. The van der Waals surface area contributed by atoms with Crippen LogP contribution < -0.4 is 0 Å². The molecule has 27 heavy (non-hydrogen) atoms. The third-order valence-electron chi connectivity index (χ3n) is 4.00. The van der Waals surface area contributed by atoms with Gasteiger partial charge in [-0.3, -0.25) is 0 Å². The van der Waals surface area contributed by atoms with Gasteiger partial charge in [0.15, 0.2) is 0 Å². The highest BCUT2D eigenvalue weighted by molar-refractivity contribution is 9.10. The van der Waals surface area contributed by atoms with Gasteiger partial charge < -0.3 is 14.4 Å². The second kappa shape index (κ2) is 9.90. The van der Waals surface area contributed by atoms with Gasteiger partial charge in [0, 0.05) is 18.1 Å². The van der Waals surface area contributed by atoms with E-state index >= 15 is 0 Å². The lowest BCUT2D eigenvalue weighted by atomic mass is 10.1. The summed E-state index contributed by atoms with van der Waals surface area (Å²) in [4.78, 5) is 13.8. The molecule has 0 bridgehead atoms. The van der Waals surface area contributed by atoms with Crippen molar-refractivity contribution in [3.05, 3.63) is 70.2 Å². The Labute approximate surface area is 170 Å². The molecule has 1 atom stereocenters. The van der Waals surface area contributed by atoms with Crippen LogP contribution in [-0.2, 0) is 16.1 Å². The normalized spacial score (nSPS) is 12.5. The van der Waals surface area contributed by atoms with E-state index in [0.717, 1.165) is 15.6 Å². The fraction of sp³-hybridized carbons (Fsp3) is 0.409. The van der Waals surface area contributed by atoms with Crippen molar-refractivity contribution in [2.75, 3.05) is 13.6 Å². The molecule has 0 fully saturated rings. The summed E-state index contributed by atoms with van der Waals surface area (Å²) >= 11 is 3.56. The first kappa shape index (κ1) is 21.5. The molecule has 0 spiro atoms. The summed E-state index contributed by atoms with van der Waals surface area (Å²) in [5.41, 5.74) is 1.70. The molecular weight excluding hydrogens is 406 g/mol. The Hall–Kier alpha value is -1.85. The molecule has 0 aromatic heterocycles. The van der Waals surface area contributed by atoms with Crippen LogP contribution in [0.4, 0.5) is 4.79 Å². The number of nitrogens with zero attached hydrogens (tertiary/aromatic N) is 1. The van der Waals surface area contributed by atoms with Gasteiger partial charge in [-0.25, -0.2) is 4.79 Å². The van der Waals surface area contributed by atoms with Crippen LogP contribution in [0.25, 0.3) is 0 Å². The second-order valence-electron chi connectivity index (χ2n) is 7.49. The van der Waals surface area contributed by atoms with E-state index in [-0.39, 0.29) is 12.2 Å². The summed E-state index contributed by atoms with van der Waals surface area (Å²) in [7, 11) is 1.75. The van der Waals surface area contributed by atoms with Crippen molar-refractivity contribution in [2.45, 2.75) is 45.5 Å². The highest BCUT2D eigenvalue weighted by atomic mass is 79.9. The number of amides is 1. The second-order valence-corrected chi connectivity index (χ2v) is 8.35. The summed E-state index contributed by atoms with van der Waals surface area (Å²) in [5, 5.41) is 0. The highest BCUT2D eigenvalue weighted by Crippen LogP contribution is 2.25. The average molecular weight is 434 g/mol. The molecule has 0 saturated carbocycles. The fourth-order valence-electron chi connectivity index (χ4n) is 2.56. The number of hydrogen-bond acceptors (Lipinski definition) is 3. The van der Waals surface area contributed by atoms with Gasteiger partial charge in [0.1, 0.15) is 5.60 Å². The molecule has 0 saturated heterocycles. The molecular formula is C22H28BrNO3. The number of rotatable bonds is 7. The van der Waals surface area contributed by atoms with E-state index in [1.54, 1.807) is 11.9 Å². The topological polar surface area (TPSA) is 38.8 Å². The van der Waals surface area contributed by atoms with Gasteiger partial charge in [-0.2, -0.15) is 0 Å². The Kier molecular flexibility index (Phi) is 7.87. The van der Waals surface area contributed by atoms with Crippen LogP contribution in [0.5, 0.6) is 0 Å². The number of carbonyl (C=O) groups excluding carboxylic acids is 1. The van der Waals surface area contributed by atoms with Crippen molar-refractivity contribution in [1.82, 2.24) is 4.90 Å². The maximum Gasteiger partial charge on any atom is 0.410 e. The van der Waals surface area contributed by atoms with Crippen molar-refractivity contribution in [3.63, 3.8) is 0 Å². The smallest absolute Gasteiger partial charge is 0.410 e. The van der Waals surface area contributed by atoms with E-state index in [1.165, 1.54) is 0 Å². The van der Waals surface area contributed by atoms with Crippen molar-refractivity contribution in [3.8, 4) is 0 Å². The standard InChI is InChI=1S/C22H28BrNO3/c1-22(2,3)27-21(25)24(4)15-14-20(17-10-6-5-7-11-17)26-16-18-12-8-9-13-19(18)23/h5-13,20H,14-16H2,1-4H3. The molecule has 0 radical (unpaired) electrons. The molecule has 0 aliphatic heterocycles. The van der Waals surface area contributed by atoms with Crippen LogP contribution in [0.15, 0.2) is 59.1 Å². The predicted octanol–water partition coefficient (Wildman–Crippen LogP) is 5.96. The van der Waals surface area contributed by atoms with E-state index in [4.69, 9.17) is 9.47 Å². The van der Waals surface area contributed by atoms with Gasteiger partial charge in [-0.05, 0) is 44.4 Å². The van der Waals surface area contributed by atoms with E-state index in [9.17, 15) is 4.79 Å². The summed E-state index contributed by atoms with van der Waals surface area (Å²) in [6.07, 6.45) is 0.257. The zero-order chi connectivity index (χ0) is 19.9. The van der Waals surface area contributed by atoms with Crippen molar-refractivity contribution in [2.24, 2.45) is 0 Å². The monoisotopic (exact) mass is 433 g/mol. The molecule has 0 heterocycles. The third kappa shape index (κ3) is 7.35. The van der Waals surface area contributed by atoms with Crippen LogP contribution >= 0.6 is 15.9 Å². The molecule has 2 aromatic rings. The van der Waals surface area contributed by atoms with Crippen LogP contribution in [0.3, 0.4) is 0 Å². The number of hydrogen-bond donors (Lipinski definition) is 0. The maximum atomic E-state index is 12.2. The molecule has 0 aliphatic carbocycles. The Balaban J connectivity index is 2.01. The van der Waals surface area contributed by atoms with E-state index in [1.807, 2.05) is 63.2 Å². The number of ether oxygens (including phenoxy) is 2. The van der Waals surface area contributed by atoms with E-state index in [0.29, 0.717) is 19.6 Å². The SMILES string of the molecule is CN(CCC(OCc1ccccc1Br)c1ccccc1)C(=O)OC(C)(C)C. The van der Waals surface area contributed by atoms with Crippen molar-refractivity contribution < 1.29 is 14.3 Å². The lowest BCUT2D eigenvalue weighted by Gasteiger charge is -2.26. The molecule has 2 rings (SSSR count). The van der Waals surface area contributed by atoms with Crippen LogP contribution in [0.2, 0.25) is 0 Å². The zero-order valence-corrected chi connectivity index (χ0v) is 18.0. The van der Waals surface area contributed by atoms with Gasteiger partial charge in [0.05, 0.1) is 12.7 Å². The van der Waals surface area contributed by atoms with Gasteiger partial charge in [0.2, 0.25) is 0 Å². The molecule has 1 unspecified atom stereocenters. The van der Waals surface area contributed by atoms with Crippen molar-refractivity contribution in [1.29, 1.82) is 0 Å². The minimum absolute atomic E-state index is 0.108. The van der Waals surface area contributed by atoms with Gasteiger partial charge in [0.25, 0.3) is 0 Å². The summed E-state index contributed by atoms with van der Waals surface area (Å²) in [5.74, 6) is 0. The molecule has 2 aromatic carbocycles. The average Bonchev–Trinajstić information content (AvgIpc) is 2.62.